The van der Waals surface area contributed by atoms with Crippen molar-refractivity contribution in [1.82, 2.24) is 10.1 Å². The van der Waals surface area contributed by atoms with Crippen LogP contribution in [0.15, 0.2) is 53.2 Å². The van der Waals surface area contributed by atoms with Crippen LogP contribution in [0.5, 0.6) is 0 Å². The van der Waals surface area contributed by atoms with Gasteiger partial charge in [-0.25, -0.2) is 4.98 Å². The highest BCUT2D eigenvalue weighted by Gasteiger charge is 2.21. The minimum Gasteiger partial charge on any atom is -0.389 e. The second kappa shape index (κ2) is 9.20. The topological polar surface area (TPSA) is 71.6 Å². The molecule has 0 spiro atoms. The highest BCUT2D eigenvalue weighted by atomic mass is 16.5. The molecule has 0 saturated carbocycles. The largest absolute Gasteiger partial charge is 0.389 e. The van der Waals surface area contributed by atoms with Gasteiger partial charge in [-0.05, 0) is 74.6 Å². The molecule has 34 heavy (non-hydrogen) atoms. The number of fused-ring (bicyclic) bond motifs is 1. The van der Waals surface area contributed by atoms with Crippen molar-refractivity contribution in [1.29, 1.82) is 0 Å². The van der Waals surface area contributed by atoms with Gasteiger partial charge in [0.2, 0.25) is 0 Å². The summed E-state index contributed by atoms with van der Waals surface area (Å²) < 4.78 is 10.9. The van der Waals surface area contributed by atoms with E-state index in [4.69, 9.17) is 14.2 Å². The Morgan fingerprint density at radius 3 is 2.41 bits per heavy atom. The summed E-state index contributed by atoms with van der Waals surface area (Å²) in [5, 5.41) is 15.4. The average molecular weight is 458 g/mol. The number of aryl methyl sites for hydroxylation is 2. The Labute approximate surface area is 200 Å². The molecule has 1 unspecified atom stereocenters. The summed E-state index contributed by atoms with van der Waals surface area (Å²) in [6.07, 6.45) is 3.60. The van der Waals surface area contributed by atoms with E-state index in [0.717, 1.165) is 76.1 Å². The van der Waals surface area contributed by atoms with Gasteiger partial charge in [-0.1, -0.05) is 23.4 Å². The number of aliphatic hydroxyl groups is 1. The van der Waals surface area contributed by atoms with Gasteiger partial charge in [-0.15, -0.1) is 0 Å². The standard InChI is InChI=1S/C28H31N3O3/c1-17-13-23(18(2)32)25-15-24(28(30-27(25)14-17)26-16-29-34-19(26)3)20-5-7-21(8-6-20)31-11-9-22(33-4)10-12-31/h5-8,13-16,18,22,32H,9-12H2,1-4H3. The van der Waals surface area contributed by atoms with E-state index in [0.29, 0.717) is 6.10 Å². The summed E-state index contributed by atoms with van der Waals surface area (Å²) in [5.41, 5.74) is 7.80. The number of piperidine rings is 1. The molecule has 6 nitrogen and oxygen atoms in total. The van der Waals surface area contributed by atoms with Crippen LogP contribution in [0.1, 0.15) is 42.8 Å². The lowest BCUT2D eigenvalue weighted by Gasteiger charge is -2.33. The predicted octanol–water partition coefficient (Wildman–Crippen LogP) is 5.84. The third-order valence-corrected chi connectivity index (χ3v) is 6.89. The third kappa shape index (κ3) is 4.19. The maximum Gasteiger partial charge on any atom is 0.143 e. The van der Waals surface area contributed by atoms with E-state index in [2.05, 4.69) is 46.5 Å². The fraction of sp³-hybridized carbons (Fsp3) is 0.357. The number of rotatable bonds is 5. The smallest absolute Gasteiger partial charge is 0.143 e. The molecule has 6 heteroatoms. The van der Waals surface area contributed by atoms with E-state index in [1.54, 1.807) is 20.2 Å². The van der Waals surface area contributed by atoms with Crippen LogP contribution < -0.4 is 4.90 Å². The van der Waals surface area contributed by atoms with Gasteiger partial charge in [0.15, 0.2) is 0 Å². The molecule has 0 radical (unpaired) electrons. The Balaban J connectivity index is 1.61. The van der Waals surface area contributed by atoms with Crippen LogP contribution in [0.4, 0.5) is 5.69 Å². The first kappa shape index (κ1) is 22.6. The van der Waals surface area contributed by atoms with Gasteiger partial charge in [0.1, 0.15) is 5.76 Å². The molecule has 1 aliphatic rings. The molecule has 5 rings (SSSR count). The van der Waals surface area contributed by atoms with E-state index in [9.17, 15) is 5.11 Å². The molecular weight excluding hydrogens is 426 g/mol. The maximum atomic E-state index is 10.5. The van der Waals surface area contributed by atoms with Gasteiger partial charge < -0.3 is 19.3 Å². The SMILES string of the molecule is COC1CCN(c2ccc(-c3cc4c(C(C)O)cc(C)cc4nc3-c3cnoc3C)cc2)CC1. The predicted molar refractivity (Wildman–Crippen MR) is 135 cm³/mol. The number of benzene rings is 2. The van der Waals surface area contributed by atoms with Gasteiger partial charge >= 0.3 is 0 Å². The first-order valence-electron chi connectivity index (χ1n) is 11.9. The molecule has 3 heterocycles. The molecule has 0 amide bonds. The summed E-state index contributed by atoms with van der Waals surface area (Å²) >= 11 is 0. The molecule has 1 N–H and O–H groups in total. The van der Waals surface area contributed by atoms with Crippen molar-refractivity contribution in [2.45, 2.75) is 45.8 Å². The van der Waals surface area contributed by atoms with Crippen molar-refractivity contribution in [3.63, 3.8) is 0 Å². The normalized spacial score (nSPS) is 15.7. The Bertz CT molecular complexity index is 1300. The summed E-state index contributed by atoms with van der Waals surface area (Å²) in [4.78, 5) is 7.47. The van der Waals surface area contributed by atoms with E-state index >= 15 is 0 Å². The molecule has 1 atom stereocenters. The second-order valence-electron chi connectivity index (χ2n) is 9.25. The van der Waals surface area contributed by atoms with E-state index in [-0.39, 0.29) is 0 Å². The highest BCUT2D eigenvalue weighted by molar-refractivity contribution is 5.94. The number of methoxy groups -OCH3 is 1. The van der Waals surface area contributed by atoms with Gasteiger partial charge in [-0.3, -0.25) is 0 Å². The summed E-state index contributed by atoms with van der Waals surface area (Å²) in [7, 11) is 1.80. The average Bonchev–Trinajstić information content (AvgIpc) is 3.28. The molecule has 0 bridgehead atoms. The van der Waals surface area contributed by atoms with Gasteiger partial charge in [0, 0.05) is 36.8 Å². The number of pyridine rings is 1. The molecule has 2 aromatic heterocycles. The fourth-order valence-electron chi connectivity index (χ4n) is 4.95. The van der Waals surface area contributed by atoms with Crippen LogP contribution in [0.3, 0.4) is 0 Å². The minimum atomic E-state index is -0.586. The quantitative estimate of drug-likeness (QED) is 0.406. The third-order valence-electron chi connectivity index (χ3n) is 6.89. The van der Waals surface area contributed by atoms with E-state index in [1.165, 1.54) is 5.69 Å². The maximum absolute atomic E-state index is 10.5. The molecule has 4 aromatic rings. The Morgan fingerprint density at radius 1 is 1.06 bits per heavy atom. The molecule has 1 aliphatic heterocycles. The van der Waals surface area contributed by atoms with Gasteiger partial charge in [-0.2, -0.15) is 0 Å². The second-order valence-corrected chi connectivity index (χ2v) is 9.25. The minimum absolute atomic E-state index is 0.361. The van der Waals surface area contributed by atoms with Crippen LogP contribution in [0, 0.1) is 13.8 Å². The molecule has 2 aromatic carbocycles. The van der Waals surface area contributed by atoms with Crippen molar-refractivity contribution in [2.24, 2.45) is 0 Å². The van der Waals surface area contributed by atoms with Crippen LogP contribution in [0.2, 0.25) is 0 Å². The number of hydrogen-bond donors (Lipinski definition) is 1. The number of aromatic nitrogens is 2. The van der Waals surface area contributed by atoms with E-state index < -0.39 is 6.10 Å². The zero-order valence-corrected chi connectivity index (χ0v) is 20.2. The molecule has 0 aliphatic carbocycles. The lowest BCUT2D eigenvalue weighted by Crippen LogP contribution is -2.36. The zero-order valence-electron chi connectivity index (χ0n) is 20.2. The molecule has 1 fully saturated rings. The van der Waals surface area contributed by atoms with Gasteiger partial charge in [0.05, 0.1) is 35.2 Å². The van der Waals surface area contributed by atoms with Crippen LogP contribution in [0.25, 0.3) is 33.3 Å². The lowest BCUT2D eigenvalue weighted by molar-refractivity contribution is 0.0819. The first-order chi connectivity index (χ1) is 16.4. The summed E-state index contributed by atoms with van der Waals surface area (Å²) in [6, 6.07) is 14.9. The number of anilines is 1. The molecular formula is C28H31N3O3. The summed E-state index contributed by atoms with van der Waals surface area (Å²) in [5.74, 6) is 0.731. The molecule has 176 valence electrons. The van der Waals surface area contributed by atoms with Crippen molar-refractivity contribution >= 4 is 16.6 Å². The number of nitrogens with zero attached hydrogens (tertiary/aromatic N) is 3. The summed E-state index contributed by atoms with van der Waals surface area (Å²) in [6.45, 7) is 7.73. The number of aliphatic hydroxyl groups excluding tert-OH is 1. The van der Waals surface area contributed by atoms with Crippen LogP contribution in [-0.4, -0.2) is 41.6 Å². The Kier molecular flexibility index (Phi) is 6.11. The van der Waals surface area contributed by atoms with E-state index in [1.807, 2.05) is 19.9 Å². The highest BCUT2D eigenvalue weighted by Crippen LogP contribution is 2.38. The van der Waals surface area contributed by atoms with Gasteiger partial charge in [0.25, 0.3) is 0 Å². The Hall–Kier alpha value is -3.22. The number of ether oxygens (including phenoxy) is 1. The van der Waals surface area contributed by atoms with Crippen molar-refractivity contribution in [2.75, 3.05) is 25.1 Å². The van der Waals surface area contributed by atoms with Crippen molar-refractivity contribution < 1.29 is 14.4 Å². The Morgan fingerprint density at radius 2 is 1.79 bits per heavy atom. The van der Waals surface area contributed by atoms with Crippen LogP contribution >= 0.6 is 0 Å². The first-order valence-corrected chi connectivity index (χ1v) is 11.9. The zero-order chi connectivity index (χ0) is 23.8. The van der Waals surface area contributed by atoms with Crippen LogP contribution in [-0.2, 0) is 4.74 Å². The number of hydrogen-bond acceptors (Lipinski definition) is 6. The lowest BCUT2D eigenvalue weighted by atomic mass is 9.94. The van der Waals surface area contributed by atoms with Crippen molar-refractivity contribution in [3.8, 4) is 22.4 Å². The fourth-order valence-corrected chi connectivity index (χ4v) is 4.95. The van der Waals surface area contributed by atoms with Crippen molar-refractivity contribution in [3.05, 3.63) is 65.5 Å². The monoisotopic (exact) mass is 457 g/mol. The molecule has 1 saturated heterocycles.